The van der Waals surface area contributed by atoms with Gasteiger partial charge in [-0.05, 0) is 79.9 Å². The Morgan fingerprint density at radius 1 is 0.867 bits per heavy atom. The third-order valence-electron chi connectivity index (χ3n) is 4.39. The van der Waals surface area contributed by atoms with Gasteiger partial charge in [0.15, 0.2) is 0 Å². The zero-order valence-corrected chi connectivity index (χ0v) is 18.9. The molecule has 0 spiro atoms. The molecule has 30 heavy (non-hydrogen) atoms. The number of hydrogen-bond donors (Lipinski definition) is 2. The van der Waals surface area contributed by atoms with Crippen LogP contribution in [0.4, 0.5) is 11.4 Å². The molecule has 0 radical (unpaired) electrons. The summed E-state index contributed by atoms with van der Waals surface area (Å²) in [5.41, 5.74) is 3.38. The fourth-order valence-corrected chi connectivity index (χ4v) is 4.71. The highest BCUT2D eigenvalue weighted by molar-refractivity contribution is 7.92. The van der Waals surface area contributed by atoms with Gasteiger partial charge in [0.25, 0.3) is 15.9 Å². The maximum absolute atomic E-state index is 13.0. The molecule has 0 aliphatic rings. The first-order chi connectivity index (χ1) is 14.0. The van der Waals surface area contributed by atoms with Crippen LogP contribution in [0.25, 0.3) is 0 Å². The summed E-state index contributed by atoms with van der Waals surface area (Å²) in [6.45, 7) is 5.45. The average Bonchev–Trinajstić information content (AvgIpc) is 2.63. The summed E-state index contributed by atoms with van der Waals surface area (Å²) >= 11 is 12.0. The van der Waals surface area contributed by atoms with Gasteiger partial charge in [0.1, 0.15) is 0 Å². The minimum absolute atomic E-state index is 0.0199. The van der Waals surface area contributed by atoms with E-state index in [1.54, 1.807) is 43.3 Å². The summed E-state index contributed by atoms with van der Waals surface area (Å²) < 4.78 is 28.6. The Hall–Kier alpha value is -2.54. The number of nitrogens with one attached hydrogen (secondary N) is 2. The minimum Gasteiger partial charge on any atom is -0.321 e. The van der Waals surface area contributed by atoms with E-state index in [0.29, 0.717) is 27.0 Å². The van der Waals surface area contributed by atoms with Gasteiger partial charge < -0.3 is 5.32 Å². The van der Waals surface area contributed by atoms with Crippen molar-refractivity contribution in [3.8, 4) is 0 Å². The number of hydrogen-bond acceptors (Lipinski definition) is 3. The second-order valence-electron chi connectivity index (χ2n) is 7.04. The average molecular weight is 463 g/mol. The lowest BCUT2D eigenvalue weighted by Gasteiger charge is -2.13. The molecule has 3 aromatic rings. The van der Waals surface area contributed by atoms with E-state index < -0.39 is 15.9 Å². The molecule has 5 nitrogen and oxygen atoms in total. The molecule has 1 amide bonds. The summed E-state index contributed by atoms with van der Waals surface area (Å²) in [5, 5.41) is 3.40. The molecule has 0 fully saturated rings. The Balaban J connectivity index is 1.92. The predicted octanol–water partition coefficient (Wildman–Crippen LogP) is 5.97. The van der Waals surface area contributed by atoms with Crippen molar-refractivity contribution >= 4 is 50.5 Å². The molecule has 0 bridgehead atoms. The maximum atomic E-state index is 13.0. The zero-order chi connectivity index (χ0) is 22.1. The molecule has 0 saturated carbocycles. The van der Waals surface area contributed by atoms with Crippen LogP contribution >= 0.6 is 23.2 Å². The van der Waals surface area contributed by atoms with E-state index in [1.807, 2.05) is 19.9 Å². The van der Waals surface area contributed by atoms with Crippen LogP contribution in [-0.2, 0) is 10.0 Å². The van der Waals surface area contributed by atoms with Gasteiger partial charge in [0.2, 0.25) is 0 Å². The lowest BCUT2D eigenvalue weighted by Crippen LogP contribution is -2.17. The topological polar surface area (TPSA) is 75.3 Å². The molecule has 156 valence electrons. The maximum Gasteiger partial charge on any atom is 0.262 e. The van der Waals surface area contributed by atoms with Crippen molar-refractivity contribution in [2.75, 3.05) is 10.0 Å². The van der Waals surface area contributed by atoms with Gasteiger partial charge >= 0.3 is 0 Å². The van der Waals surface area contributed by atoms with Crippen molar-refractivity contribution in [1.82, 2.24) is 0 Å². The first kappa shape index (κ1) is 22.2. The number of carbonyl (C=O) groups is 1. The molecule has 8 heteroatoms. The highest BCUT2D eigenvalue weighted by Crippen LogP contribution is 2.27. The smallest absolute Gasteiger partial charge is 0.262 e. The molecule has 2 N–H and O–H groups in total. The van der Waals surface area contributed by atoms with Crippen LogP contribution in [-0.4, -0.2) is 14.3 Å². The molecule has 0 aliphatic carbocycles. The molecule has 3 aromatic carbocycles. The van der Waals surface area contributed by atoms with Gasteiger partial charge in [-0.3, -0.25) is 9.52 Å². The van der Waals surface area contributed by atoms with E-state index >= 15 is 0 Å². The van der Waals surface area contributed by atoms with Gasteiger partial charge in [-0.1, -0.05) is 35.3 Å². The van der Waals surface area contributed by atoms with Crippen LogP contribution in [0.5, 0.6) is 0 Å². The molecule has 0 aliphatic heterocycles. The minimum atomic E-state index is -3.90. The van der Waals surface area contributed by atoms with Crippen molar-refractivity contribution in [3.63, 3.8) is 0 Å². The van der Waals surface area contributed by atoms with E-state index in [2.05, 4.69) is 10.0 Å². The summed E-state index contributed by atoms with van der Waals surface area (Å²) in [6, 6.07) is 14.6. The van der Waals surface area contributed by atoms with E-state index in [-0.39, 0.29) is 10.5 Å². The molecule has 0 atom stereocenters. The number of aryl methyl sites for hydroxylation is 3. The van der Waals surface area contributed by atoms with Crippen molar-refractivity contribution < 1.29 is 13.2 Å². The second-order valence-corrected chi connectivity index (χ2v) is 9.53. The predicted molar refractivity (Wildman–Crippen MR) is 122 cm³/mol. The Morgan fingerprint density at radius 2 is 1.53 bits per heavy atom. The summed E-state index contributed by atoms with van der Waals surface area (Å²) in [7, 11) is -3.90. The summed E-state index contributed by atoms with van der Waals surface area (Å²) in [5.74, 6) is -0.498. The third-order valence-corrected chi connectivity index (χ3v) is 6.48. The molecule has 3 rings (SSSR count). The quantitative estimate of drug-likeness (QED) is 0.490. The largest absolute Gasteiger partial charge is 0.321 e. The summed E-state index contributed by atoms with van der Waals surface area (Å²) in [4.78, 5) is 12.7. The number of sulfonamides is 1. The number of carbonyl (C=O) groups excluding carboxylic acids is 1. The Kier molecular flexibility index (Phi) is 6.41. The third kappa shape index (κ3) is 5.14. The van der Waals surface area contributed by atoms with Crippen LogP contribution in [0.15, 0.2) is 59.5 Å². The van der Waals surface area contributed by atoms with Crippen LogP contribution < -0.4 is 10.0 Å². The number of rotatable bonds is 5. The van der Waals surface area contributed by atoms with E-state index in [0.717, 1.165) is 11.1 Å². The molecular weight excluding hydrogens is 443 g/mol. The molecule has 0 heterocycles. The van der Waals surface area contributed by atoms with E-state index in [4.69, 9.17) is 23.2 Å². The lowest BCUT2D eigenvalue weighted by molar-refractivity contribution is 0.102. The fourth-order valence-electron chi connectivity index (χ4n) is 3.06. The zero-order valence-electron chi connectivity index (χ0n) is 16.6. The molecule has 0 aromatic heterocycles. The van der Waals surface area contributed by atoms with Crippen LogP contribution in [0.2, 0.25) is 10.0 Å². The number of anilines is 2. The number of benzene rings is 3. The molecule has 0 unspecified atom stereocenters. The lowest BCUT2D eigenvalue weighted by atomic mass is 10.1. The van der Waals surface area contributed by atoms with Crippen molar-refractivity contribution in [1.29, 1.82) is 0 Å². The molecule has 0 saturated heterocycles. The Labute approximate surface area is 186 Å². The van der Waals surface area contributed by atoms with Crippen molar-refractivity contribution in [2.24, 2.45) is 0 Å². The first-order valence-electron chi connectivity index (χ1n) is 9.03. The SMILES string of the molecule is Cc1cc(C)cc(NS(=O)(=O)c2cc(C(=O)Nc3cc(Cl)ccc3Cl)ccc2C)c1. The highest BCUT2D eigenvalue weighted by Gasteiger charge is 2.20. The molecular formula is C22H20Cl2N2O3S. The standard InChI is InChI=1S/C22H20Cl2N2O3S/c1-13-8-14(2)10-18(9-13)26-30(28,29)21-11-16(5-4-15(21)3)22(27)25-20-12-17(23)6-7-19(20)24/h4-12,26H,1-3H3,(H,25,27). The van der Waals surface area contributed by atoms with E-state index in [9.17, 15) is 13.2 Å². The Bertz CT molecular complexity index is 1220. The Morgan fingerprint density at radius 3 is 2.20 bits per heavy atom. The van der Waals surface area contributed by atoms with Gasteiger partial charge in [-0.25, -0.2) is 8.42 Å². The van der Waals surface area contributed by atoms with Gasteiger partial charge in [-0.15, -0.1) is 0 Å². The van der Waals surface area contributed by atoms with Crippen LogP contribution in [0, 0.1) is 20.8 Å². The number of amides is 1. The van der Waals surface area contributed by atoms with E-state index in [1.165, 1.54) is 12.1 Å². The second kappa shape index (κ2) is 8.68. The number of halogens is 2. The van der Waals surface area contributed by atoms with Gasteiger partial charge in [-0.2, -0.15) is 0 Å². The van der Waals surface area contributed by atoms with Crippen molar-refractivity contribution in [3.05, 3.63) is 86.9 Å². The van der Waals surface area contributed by atoms with Crippen molar-refractivity contribution in [2.45, 2.75) is 25.7 Å². The first-order valence-corrected chi connectivity index (χ1v) is 11.3. The van der Waals surface area contributed by atoms with Crippen LogP contribution in [0.3, 0.4) is 0 Å². The van der Waals surface area contributed by atoms with Crippen LogP contribution in [0.1, 0.15) is 27.0 Å². The monoisotopic (exact) mass is 462 g/mol. The highest BCUT2D eigenvalue weighted by atomic mass is 35.5. The van der Waals surface area contributed by atoms with Gasteiger partial charge in [0.05, 0.1) is 15.6 Å². The summed E-state index contributed by atoms with van der Waals surface area (Å²) in [6.07, 6.45) is 0. The fraction of sp³-hybridized carbons (Fsp3) is 0.136. The van der Waals surface area contributed by atoms with Gasteiger partial charge in [0, 0.05) is 16.3 Å². The normalized spacial score (nSPS) is 11.2.